The molecule has 0 spiro atoms. The Morgan fingerprint density at radius 2 is 0.857 bits per heavy atom. The summed E-state index contributed by atoms with van der Waals surface area (Å²) in [5, 5.41) is 25.6. The van der Waals surface area contributed by atoms with Crippen LogP contribution in [0.5, 0.6) is 0 Å². The number of carbonyl (C=O) groups excluding carboxylic acids is 1. The Bertz CT molecular complexity index is 811. The normalized spacial score (nSPS) is 23.5. The molecule has 0 aliphatic heterocycles. The highest BCUT2D eigenvalue weighted by Gasteiger charge is 2.44. The van der Waals surface area contributed by atoms with Gasteiger partial charge < -0.3 is 14.9 Å². The molecule has 0 heterocycles. The molecule has 6 heteroatoms. The number of hydrogen-bond donors (Lipinski definition) is 2. The summed E-state index contributed by atoms with van der Waals surface area (Å²) < 4.78 is 4.85. The largest absolute Gasteiger partial charge is 0.469 e. The summed E-state index contributed by atoms with van der Waals surface area (Å²) in [5.41, 5.74) is 0. The van der Waals surface area contributed by atoms with E-state index in [2.05, 4.69) is 16.7 Å². The van der Waals surface area contributed by atoms with Gasteiger partial charge in [0.05, 0.1) is 19.3 Å². The Morgan fingerprint density at radius 1 is 0.531 bits per heavy atom. The summed E-state index contributed by atoms with van der Waals surface area (Å²) in [6, 6.07) is 2.28. The smallest absolute Gasteiger partial charge is 0.305 e. The van der Waals surface area contributed by atoms with E-state index < -0.39 is 12.2 Å². The molecule has 4 unspecified atom stereocenters. The molecule has 4 fully saturated rings. The van der Waals surface area contributed by atoms with Gasteiger partial charge in [-0.25, -0.2) is 0 Å². The molecule has 6 nitrogen and oxygen atoms in total. The molecule has 49 heavy (non-hydrogen) atoms. The van der Waals surface area contributed by atoms with Gasteiger partial charge in [-0.2, -0.15) is 0 Å². The van der Waals surface area contributed by atoms with Gasteiger partial charge in [-0.15, -0.1) is 0 Å². The molecule has 0 aromatic heterocycles. The number of rotatable bonds is 22. The number of aliphatic hydroxyl groups is 2. The highest BCUT2D eigenvalue weighted by atomic mass is 16.5. The molecule has 4 rings (SSSR count). The van der Waals surface area contributed by atoms with Crippen molar-refractivity contribution < 1.29 is 19.7 Å². The number of ether oxygens (including phenoxy) is 1. The predicted octanol–water partition coefficient (Wildman–Crippen LogP) is 10.3. The van der Waals surface area contributed by atoms with Crippen molar-refractivity contribution in [2.24, 2.45) is 0 Å². The quantitative estimate of drug-likeness (QED) is 0.0871. The first-order valence-electron chi connectivity index (χ1n) is 22.0. The minimum absolute atomic E-state index is 0.0222. The van der Waals surface area contributed by atoms with Crippen molar-refractivity contribution in [3.8, 4) is 0 Å². The van der Waals surface area contributed by atoms with Gasteiger partial charge in [0.25, 0.3) is 0 Å². The van der Waals surface area contributed by atoms with Crippen LogP contribution >= 0.6 is 0 Å². The molecule has 4 atom stereocenters. The number of unbranched alkanes of at least 4 members (excludes halogenated alkanes) is 7. The maximum absolute atomic E-state index is 12.8. The third-order valence-electron chi connectivity index (χ3n) is 13.4. The Kier molecular flexibility index (Phi) is 19.9. The fourth-order valence-corrected chi connectivity index (χ4v) is 10.7. The zero-order valence-electron chi connectivity index (χ0n) is 32.4. The molecule has 4 saturated carbocycles. The van der Waals surface area contributed by atoms with Crippen LogP contribution < -0.4 is 0 Å². The number of nitrogens with zero attached hydrogens (tertiary/aromatic N) is 2. The molecule has 0 radical (unpaired) electrons. The number of methoxy groups -OCH3 is 1. The zero-order chi connectivity index (χ0) is 34.7. The Hall–Kier alpha value is -0.690. The molecule has 2 N–H and O–H groups in total. The average Bonchev–Trinajstić information content (AvgIpc) is 3.16. The highest BCUT2D eigenvalue weighted by molar-refractivity contribution is 5.68. The van der Waals surface area contributed by atoms with Crippen LogP contribution in [-0.4, -0.2) is 81.6 Å². The van der Waals surface area contributed by atoms with E-state index in [1.165, 1.54) is 155 Å². The second kappa shape index (κ2) is 23.8. The second-order valence-corrected chi connectivity index (χ2v) is 16.9. The van der Waals surface area contributed by atoms with Gasteiger partial charge in [0.15, 0.2) is 0 Å². The molecule has 4 aliphatic carbocycles. The fourth-order valence-electron chi connectivity index (χ4n) is 10.7. The third kappa shape index (κ3) is 13.3. The minimum atomic E-state index is -0.714. The lowest BCUT2D eigenvalue weighted by molar-refractivity contribution is -0.140. The summed E-state index contributed by atoms with van der Waals surface area (Å²) in [5.74, 6) is -0.104. The fraction of sp³-hybridized carbons (Fsp3) is 0.977. The van der Waals surface area contributed by atoms with E-state index in [-0.39, 0.29) is 18.1 Å². The Balaban J connectivity index is 1.59. The summed E-state index contributed by atoms with van der Waals surface area (Å²) in [4.78, 5) is 17.3. The van der Waals surface area contributed by atoms with Crippen LogP contribution in [-0.2, 0) is 9.53 Å². The van der Waals surface area contributed by atoms with Crippen LogP contribution in [0.25, 0.3) is 0 Å². The van der Waals surface area contributed by atoms with Gasteiger partial charge >= 0.3 is 5.97 Å². The van der Waals surface area contributed by atoms with Gasteiger partial charge in [0.1, 0.15) is 0 Å². The van der Waals surface area contributed by atoms with E-state index >= 15 is 0 Å². The van der Waals surface area contributed by atoms with E-state index in [1.807, 2.05) is 0 Å². The van der Waals surface area contributed by atoms with Crippen molar-refractivity contribution in [3.05, 3.63) is 0 Å². The lowest BCUT2D eigenvalue weighted by Crippen LogP contribution is -2.62. The lowest BCUT2D eigenvalue weighted by atomic mass is 9.81. The van der Waals surface area contributed by atoms with Crippen LogP contribution in [0, 0.1) is 0 Å². The molecular weight excluding hydrogens is 608 g/mol. The first kappa shape index (κ1) is 41.1. The SMILES string of the molecule is CCCCCCC(C(O)C(O)C(CCCCCCCC(=O)OC)N(C1CCCCC1)C1CCCCC1)N(C1CCCCC1)C1CCCCC1. The molecule has 0 amide bonds. The lowest BCUT2D eigenvalue weighted by Gasteiger charge is -2.51. The van der Waals surface area contributed by atoms with Gasteiger partial charge in [0, 0.05) is 42.7 Å². The minimum Gasteiger partial charge on any atom is -0.469 e. The van der Waals surface area contributed by atoms with Crippen molar-refractivity contribution in [1.82, 2.24) is 9.80 Å². The maximum atomic E-state index is 12.8. The standard InChI is InChI=1S/C43H80N2O4/c1-3-4-5-21-32-39(44(35-24-13-9-14-25-35)36-26-15-10-16-27-36)42(47)43(48)40(33-22-7-6-8-23-34-41(46)49-2)45(37-28-17-11-18-29-37)38-30-19-12-20-31-38/h35-40,42-43,47-48H,3-34H2,1-2H3. The van der Waals surface area contributed by atoms with E-state index in [1.54, 1.807) is 0 Å². The van der Waals surface area contributed by atoms with Crippen LogP contribution in [0.1, 0.15) is 212 Å². The average molecular weight is 689 g/mol. The van der Waals surface area contributed by atoms with Crippen LogP contribution in [0.4, 0.5) is 0 Å². The van der Waals surface area contributed by atoms with E-state index in [4.69, 9.17) is 4.74 Å². The number of carbonyl (C=O) groups is 1. The Labute approximate surface area is 302 Å². The maximum Gasteiger partial charge on any atom is 0.305 e. The van der Waals surface area contributed by atoms with Crippen molar-refractivity contribution >= 4 is 5.97 Å². The zero-order valence-corrected chi connectivity index (χ0v) is 32.4. The second-order valence-electron chi connectivity index (χ2n) is 16.9. The van der Waals surface area contributed by atoms with Gasteiger partial charge in [-0.1, -0.05) is 135 Å². The van der Waals surface area contributed by atoms with Crippen molar-refractivity contribution in [3.63, 3.8) is 0 Å². The highest BCUT2D eigenvalue weighted by Crippen LogP contribution is 2.38. The summed E-state index contributed by atoms with van der Waals surface area (Å²) >= 11 is 0. The predicted molar refractivity (Wildman–Crippen MR) is 204 cm³/mol. The summed E-state index contributed by atoms with van der Waals surface area (Å²) in [6.07, 6.45) is 37.1. The number of esters is 1. The van der Waals surface area contributed by atoms with Crippen LogP contribution in [0.15, 0.2) is 0 Å². The van der Waals surface area contributed by atoms with Gasteiger partial charge in [0.2, 0.25) is 0 Å². The van der Waals surface area contributed by atoms with E-state index in [0.29, 0.717) is 30.6 Å². The molecule has 0 bridgehead atoms. The van der Waals surface area contributed by atoms with Crippen molar-refractivity contribution in [1.29, 1.82) is 0 Å². The summed E-state index contributed by atoms with van der Waals surface area (Å²) in [6.45, 7) is 2.29. The summed E-state index contributed by atoms with van der Waals surface area (Å²) in [7, 11) is 1.48. The molecule has 286 valence electrons. The Morgan fingerprint density at radius 3 is 1.20 bits per heavy atom. The number of aliphatic hydroxyl groups excluding tert-OH is 2. The van der Waals surface area contributed by atoms with Gasteiger partial charge in [-0.3, -0.25) is 14.6 Å². The molecule has 0 aromatic rings. The van der Waals surface area contributed by atoms with E-state index in [0.717, 1.165) is 51.4 Å². The first-order valence-corrected chi connectivity index (χ1v) is 22.0. The third-order valence-corrected chi connectivity index (χ3v) is 13.4. The van der Waals surface area contributed by atoms with Crippen molar-refractivity contribution in [2.75, 3.05) is 7.11 Å². The van der Waals surface area contributed by atoms with Crippen LogP contribution in [0.2, 0.25) is 0 Å². The van der Waals surface area contributed by atoms with Crippen molar-refractivity contribution in [2.45, 2.75) is 261 Å². The monoisotopic (exact) mass is 689 g/mol. The van der Waals surface area contributed by atoms with Crippen LogP contribution in [0.3, 0.4) is 0 Å². The topological polar surface area (TPSA) is 73.2 Å². The van der Waals surface area contributed by atoms with E-state index in [9.17, 15) is 15.0 Å². The number of hydrogen-bond acceptors (Lipinski definition) is 6. The molecule has 4 aliphatic rings. The molecular formula is C43H80N2O4. The molecule has 0 aromatic carbocycles. The first-order chi connectivity index (χ1) is 24.0. The van der Waals surface area contributed by atoms with Gasteiger partial charge in [-0.05, 0) is 70.6 Å². The molecule has 0 saturated heterocycles.